The van der Waals surface area contributed by atoms with Crippen LogP contribution in [0.4, 0.5) is 0 Å². The molecule has 1 saturated carbocycles. The van der Waals surface area contributed by atoms with Gasteiger partial charge in [0.1, 0.15) is 11.5 Å². The largest absolute Gasteiger partial charge is 0.456 e. The van der Waals surface area contributed by atoms with Gasteiger partial charge in [-0.3, -0.25) is 4.98 Å². The van der Waals surface area contributed by atoms with Crippen LogP contribution >= 0.6 is 0 Å². The second kappa shape index (κ2) is 9.61. The molecule has 40 heavy (non-hydrogen) atoms. The summed E-state index contributed by atoms with van der Waals surface area (Å²) in [6.45, 7) is 11.6. The van der Waals surface area contributed by atoms with E-state index in [1.54, 1.807) is 0 Å². The third-order valence-electron chi connectivity index (χ3n) is 9.02. The van der Waals surface area contributed by atoms with Gasteiger partial charge >= 0.3 is 0 Å². The molecule has 0 unspecified atom stereocenters. The number of ether oxygens (including phenoxy) is 1. The van der Waals surface area contributed by atoms with E-state index in [1.165, 1.54) is 69.3 Å². The molecule has 0 bridgehead atoms. The van der Waals surface area contributed by atoms with Gasteiger partial charge < -0.3 is 4.74 Å². The molecule has 1 fully saturated rings. The molecule has 1 aliphatic heterocycles. The molecular weight excluding hydrogens is 486 g/mol. The Morgan fingerprint density at radius 3 is 2.50 bits per heavy atom. The van der Waals surface area contributed by atoms with Crippen molar-refractivity contribution in [2.75, 3.05) is 0 Å². The minimum atomic E-state index is 0.125. The fourth-order valence-electron chi connectivity index (χ4n) is 7.36. The molecule has 204 valence electrons. The van der Waals surface area contributed by atoms with Crippen LogP contribution in [-0.4, -0.2) is 4.98 Å². The van der Waals surface area contributed by atoms with Gasteiger partial charge in [0.15, 0.2) is 0 Å². The van der Waals surface area contributed by atoms with E-state index in [0.29, 0.717) is 5.92 Å². The zero-order valence-corrected chi connectivity index (χ0v) is 24.7. The average Bonchev–Trinajstić information content (AvgIpc) is 3.42. The quantitative estimate of drug-likeness (QED) is 0.208. The highest BCUT2D eigenvalue weighted by Crippen LogP contribution is 2.52. The number of aromatic nitrogens is 1. The molecule has 0 atom stereocenters. The maximum absolute atomic E-state index is 7.02. The molecule has 1 aliphatic carbocycles. The second-order valence-electron chi connectivity index (χ2n) is 14.0. The zero-order chi connectivity index (χ0) is 27.6. The summed E-state index contributed by atoms with van der Waals surface area (Å²) in [5.74, 6) is 3.39. The molecule has 1 aromatic heterocycles. The summed E-state index contributed by atoms with van der Waals surface area (Å²) in [7, 11) is 0. The molecule has 4 aromatic carbocycles. The minimum absolute atomic E-state index is 0.125. The van der Waals surface area contributed by atoms with Gasteiger partial charge in [-0.05, 0) is 92.8 Å². The maximum atomic E-state index is 7.02. The minimum Gasteiger partial charge on any atom is -0.456 e. The molecule has 0 radical (unpaired) electrons. The molecule has 0 saturated heterocycles. The van der Waals surface area contributed by atoms with Crippen LogP contribution in [-0.2, 0) is 19.3 Å². The van der Waals surface area contributed by atoms with Crippen molar-refractivity contribution in [1.82, 2.24) is 4.98 Å². The lowest BCUT2D eigenvalue weighted by atomic mass is 9.82. The van der Waals surface area contributed by atoms with Crippen molar-refractivity contribution in [2.45, 2.75) is 79.6 Å². The number of nitrogens with zero attached hydrogens (tertiary/aromatic N) is 1. The maximum Gasteiger partial charge on any atom is 0.140 e. The van der Waals surface area contributed by atoms with E-state index in [0.717, 1.165) is 53.3 Å². The molecule has 7 rings (SSSR count). The predicted octanol–water partition coefficient (Wildman–Crippen LogP) is 10.8. The van der Waals surface area contributed by atoms with Crippen LogP contribution in [0.3, 0.4) is 0 Å². The highest BCUT2D eigenvalue weighted by molar-refractivity contribution is 6.17. The summed E-state index contributed by atoms with van der Waals surface area (Å²) >= 11 is 0. The summed E-state index contributed by atoms with van der Waals surface area (Å²) in [6.07, 6.45) is 10.7. The monoisotopic (exact) mass is 527 g/mol. The van der Waals surface area contributed by atoms with Gasteiger partial charge in [0.25, 0.3) is 0 Å². The van der Waals surface area contributed by atoms with Crippen LogP contribution in [0.2, 0.25) is 0 Å². The topological polar surface area (TPSA) is 22.1 Å². The van der Waals surface area contributed by atoms with Gasteiger partial charge in [-0.25, -0.2) is 0 Å². The molecule has 2 aliphatic rings. The van der Waals surface area contributed by atoms with Crippen LogP contribution in [0, 0.1) is 17.3 Å². The summed E-state index contributed by atoms with van der Waals surface area (Å²) in [6, 6.07) is 20.8. The molecular formula is C38H41NO. The van der Waals surface area contributed by atoms with E-state index >= 15 is 0 Å². The molecule has 5 aromatic rings. The van der Waals surface area contributed by atoms with E-state index in [-0.39, 0.29) is 5.41 Å². The van der Waals surface area contributed by atoms with Crippen molar-refractivity contribution in [2.24, 2.45) is 17.3 Å². The van der Waals surface area contributed by atoms with E-state index < -0.39 is 0 Å². The van der Waals surface area contributed by atoms with E-state index in [9.17, 15) is 0 Å². The van der Waals surface area contributed by atoms with Crippen LogP contribution in [0.15, 0.2) is 60.8 Å². The van der Waals surface area contributed by atoms with E-state index in [1.807, 2.05) is 6.20 Å². The first kappa shape index (κ1) is 25.6. The standard InChI is InChI=1S/C38H41NO/c1-23(2)17-25-13-14-28-27(19-25)20-32-36-35-30(15-16-39-36)29-12-8-11-26(18-24-9-6-7-10-24)31(29)21-34(35)40-37(32)33(28)22-38(3,4)5/h8,11-16,19-21,23-24H,6-7,9-10,17-18,22H2,1-5H3. The number of benzene rings is 4. The molecule has 0 amide bonds. The van der Waals surface area contributed by atoms with Crippen molar-refractivity contribution < 1.29 is 4.74 Å². The third-order valence-corrected chi connectivity index (χ3v) is 9.02. The Bertz CT molecular complexity index is 1770. The SMILES string of the molecule is CC(C)Cc1ccc2c(CC(C)(C)C)c3c(cc2c1)-c1nccc2c1c(cc1c(CC4CCCC4)cccc12)O3. The van der Waals surface area contributed by atoms with Crippen molar-refractivity contribution in [3.63, 3.8) is 0 Å². The Hall–Kier alpha value is -3.39. The van der Waals surface area contributed by atoms with Crippen molar-refractivity contribution in [3.8, 4) is 22.8 Å². The number of hydrogen-bond acceptors (Lipinski definition) is 2. The highest BCUT2D eigenvalue weighted by Gasteiger charge is 2.29. The Balaban J connectivity index is 1.48. The molecule has 2 nitrogen and oxygen atoms in total. The third kappa shape index (κ3) is 4.46. The van der Waals surface area contributed by atoms with Crippen LogP contribution in [0.1, 0.15) is 77.0 Å². The van der Waals surface area contributed by atoms with Gasteiger partial charge in [-0.2, -0.15) is 0 Å². The Labute approximate surface area is 238 Å². The first-order valence-electron chi connectivity index (χ1n) is 15.4. The fourth-order valence-corrected chi connectivity index (χ4v) is 7.36. The zero-order valence-electron chi connectivity index (χ0n) is 24.7. The van der Waals surface area contributed by atoms with Crippen LogP contribution in [0.5, 0.6) is 11.5 Å². The Morgan fingerprint density at radius 1 is 0.900 bits per heavy atom. The Kier molecular flexibility index (Phi) is 6.15. The van der Waals surface area contributed by atoms with Crippen molar-refractivity contribution in [1.29, 1.82) is 0 Å². The van der Waals surface area contributed by atoms with Gasteiger partial charge in [-0.1, -0.05) is 96.7 Å². The number of pyridine rings is 1. The lowest BCUT2D eigenvalue weighted by Gasteiger charge is -2.28. The number of hydrogen-bond donors (Lipinski definition) is 0. The molecule has 2 heterocycles. The van der Waals surface area contributed by atoms with Gasteiger partial charge in [0, 0.05) is 17.3 Å². The smallest absolute Gasteiger partial charge is 0.140 e. The first-order chi connectivity index (χ1) is 19.2. The fraction of sp³-hybridized carbons (Fsp3) is 0.395. The molecule has 0 N–H and O–H groups in total. The lowest BCUT2D eigenvalue weighted by molar-refractivity contribution is 0.400. The van der Waals surface area contributed by atoms with E-state index in [4.69, 9.17) is 9.72 Å². The second-order valence-corrected chi connectivity index (χ2v) is 14.0. The highest BCUT2D eigenvalue weighted by atomic mass is 16.5. The summed E-state index contributed by atoms with van der Waals surface area (Å²) in [4.78, 5) is 5.03. The molecule has 2 heteroatoms. The number of fused-ring (bicyclic) bond motifs is 5. The van der Waals surface area contributed by atoms with Crippen LogP contribution < -0.4 is 4.74 Å². The normalized spacial score (nSPS) is 15.3. The van der Waals surface area contributed by atoms with Crippen LogP contribution in [0.25, 0.3) is 43.6 Å². The van der Waals surface area contributed by atoms with Crippen molar-refractivity contribution in [3.05, 3.63) is 77.5 Å². The number of rotatable bonds is 5. The molecule has 0 spiro atoms. The lowest BCUT2D eigenvalue weighted by Crippen LogP contribution is -2.12. The summed E-state index contributed by atoms with van der Waals surface area (Å²) in [5, 5.41) is 7.66. The Morgan fingerprint density at radius 2 is 1.73 bits per heavy atom. The van der Waals surface area contributed by atoms with Crippen molar-refractivity contribution >= 4 is 32.3 Å². The summed E-state index contributed by atoms with van der Waals surface area (Å²) in [5.41, 5.74) is 6.48. The predicted molar refractivity (Wildman–Crippen MR) is 170 cm³/mol. The summed E-state index contributed by atoms with van der Waals surface area (Å²) < 4.78 is 7.02. The van der Waals surface area contributed by atoms with Gasteiger partial charge in [0.05, 0.1) is 11.1 Å². The van der Waals surface area contributed by atoms with Gasteiger partial charge in [0.2, 0.25) is 0 Å². The average molecular weight is 528 g/mol. The van der Waals surface area contributed by atoms with E-state index in [2.05, 4.69) is 89.2 Å². The first-order valence-corrected chi connectivity index (χ1v) is 15.4. The van der Waals surface area contributed by atoms with Gasteiger partial charge in [-0.15, -0.1) is 0 Å².